The zero-order valence-corrected chi connectivity index (χ0v) is 14.1. The fourth-order valence-electron chi connectivity index (χ4n) is 3.10. The van der Waals surface area contributed by atoms with E-state index in [4.69, 9.17) is 0 Å². The summed E-state index contributed by atoms with van der Waals surface area (Å²) in [6.07, 6.45) is 5.39. The van der Waals surface area contributed by atoms with Crippen molar-refractivity contribution in [2.45, 2.75) is 32.1 Å². The number of urea groups is 1. The van der Waals surface area contributed by atoms with Gasteiger partial charge in [0.05, 0.1) is 0 Å². The fourth-order valence-corrected chi connectivity index (χ4v) is 3.10. The van der Waals surface area contributed by atoms with E-state index in [9.17, 15) is 9.59 Å². The molecule has 3 N–H and O–H groups in total. The van der Waals surface area contributed by atoms with Crippen LogP contribution in [0.25, 0.3) is 0 Å². The van der Waals surface area contributed by atoms with Gasteiger partial charge in [-0.2, -0.15) is 0 Å². The molecule has 2 aromatic rings. The molecule has 1 aliphatic carbocycles. The van der Waals surface area contributed by atoms with Gasteiger partial charge < -0.3 is 16.0 Å². The molecule has 5 nitrogen and oxygen atoms in total. The summed E-state index contributed by atoms with van der Waals surface area (Å²) in [5.74, 6) is 0.178. The molecule has 0 spiro atoms. The van der Waals surface area contributed by atoms with E-state index in [0.717, 1.165) is 31.4 Å². The van der Waals surface area contributed by atoms with E-state index in [-0.39, 0.29) is 17.9 Å². The van der Waals surface area contributed by atoms with E-state index >= 15 is 0 Å². The van der Waals surface area contributed by atoms with Gasteiger partial charge in [0.25, 0.3) is 0 Å². The Kier molecular flexibility index (Phi) is 5.67. The first-order valence-electron chi connectivity index (χ1n) is 8.75. The van der Waals surface area contributed by atoms with Gasteiger partial charge in [-0.3, -0.25) is 4.79 Å². The second kappa shape index (κ2) is 8.33. The van der Waals surface area contributed by atoms with Crippen molar-refractivity contribution in [2.24, 2.45) is 5.92 Å². The summed E-state index contributed by atoms with van der Waals surface area (Å²) in [5.41, 5.74) is 2.06. The van der Waals surface area contributed by atoms with Crippen molar-refractivity contribution >= 4 is 29.0 Å². The highest BCUT2D eigenvalue weighted by Gasteiger charge is 2.21. The number of anilines is 3. The van der Waals surface area contributed by atoms with Gasteiger partial charge in [-0.25, -0.2) is 4.79 Å². The molecule has 0 aromatic heterocycles. The van der Waals surface area contributed by atoms with Crippen LogP contribution in [-0.2, 0) is 4.79 Å². The van der Waals surface area contributed by atoms with Crippen LogP contribution < -0.4 is 16.0 Å². The number of benzene rings is 2. The Hall–Kier alpha value is -2.82. The molecular formula is C20H23N3O2. The Morgan fingerprint density at radius 2 is 1.32 bits per heavy atom. The average Bonchev–Trinajstić information content (AvgIpc) is 2.63. The van der Waals surface area contributed by atoms with Crippen molar-refractivity contribution in [1.82, 2.24) is 0 Å². The number of carbonyl (C=O) groups excluding carboxylic acids is 2. The molecule has 0 heterocycles. The SMILES string of the molecule is O=C(Nc1ccccc1)Nc1cccc(NC(=O)C2CCCCC2)c1. The van der Waals surface area contributed by atoms with Crippen molar-refractivity contribution in [1.29, 1.82) is 0 Å². The highest BCUT2D eigenvalue weighted by atomic mass is 16.2. The van der Waals surface area contributed by atoms with Crippen molar-refractivity contribution in [3.8, 4) is 0 Å². The van der Waals surface area contributed by atoms with Crippen molar-refractivity contribution < 1.29 is 9.59 Å². The Morgan fingerprint density at radius 1 is 0.720 bits per heavy atom. The first kappa shape index (κ1) is 17.0. The largest absolute Gasteiger partial charge is 0.326 e. The molecule has 2 aromatic carbocycles. The number of nitrogens with one attached hydrogen (secondary N) is 3. The van der Waals surface area contributed by atoms with Crippen LogP contribution in [0.1, 0.15) is 32.1 Å². The molecule has 0 bridgehead atoms. The van der Waals surface area contributed by atoms with Gasteiger partial charge in [0.15, 0.2) is 0 Å². The summed E-state index contributed by atoms with van der Waals surface area (Å²) in [7, 11) is 0. The molecule has 1 fully saturated rings. The molecule has 3 amide bonds. The highest BCUT2D eigenvalue weighted by molar-refractivity contribution is 6.00. The van der Waals surface area contributed by atoms with Crippen molar-refractivity contribution in [2.75, 3.05) is 16.0 Å². The van der Waals surface area contributed by atoms with Crippen LogP contribution in [0.5, 0.6) is 0 Å². The van der Waals surface area contributed by atoms with E-state index in [1.54, 1.807) is 12.1 Å². The number of para-hydroxylation sites is 1. The average molecular weight is 337 g/mol. The molecule has 0 aliphatic heterocycles. The van der Waals surface area contributed by atoms with E-state index in [0.29, 0.717) is 11.4 Å². The minimum atomic E-state index is -0.318. The summed E-state index contributed by atoms with van der Waals surface area (Å²) in [6, 6.07) is 16.1. The molecule has 130 valence electrons. The quantitative estimate of drug-likeness (QED) is 0.746. The van der Waals surface area contributed by atoms with E-state index in [1.165, 1.54) is 6.42 Å². The third-order valence-corrected chi connectivity index (χ3v) is 4.40. The molecule has 0 radical (unpaired) electrons. The Bertz CT molecular complexity index is 725. The fraction of sp³-hybridized carbons (Fsp3) is 0.300. The van der Waals surface area contributed by atoms with Crippen LogP contribution in [0, 0.1) is 5.92 Å². The third-order valence-electron chi connectivity index (χ3n) is 4.40. The molecule has 1 aliphatic rings. The second-order valence-corrected chi connectivity index (χ2v) is 6.35. The molecular weight excluding hydrogens is 314 g/mol. The first-order valence-corrected chi connectivity index (χ1v) is 8.75. The summed E-state index contributed by atoms with van der Waals surface area (Å²) >= 11 is 0. The molecule has 25 heavy (non-hydrogen) atoms. The van der Waals surface area contributed by atoms with Gasteiger partial charge in [0.2, 0.25) is 5.91 Å². The first-order chi connectivity index (χ1) is 12.2. The Balaban J connectivity index is 1.57. The monoisotopic (exact) mass is 337 g/mol. The van der Waals surface area contributed by atoms with E-state index < -0.39 is 0 Å². The van der Waals surface area contributed by atoms with Crippen LogP contribution in [0.3, 0.4) is 0 Å². The standard InChI is InChI=1S/C20H23N3O2/c24-19(15-8-3-1-4-9-15)21-17-12-7-13-18(14-17)23-20(25)22-16-10-5-2-6-11-16/h2,5-7,10-15H,1,3-4,8-9H2,(H,21,24)(H2,22,23,25). The zero-order chi connectivity index (χ0) is 17.5. The molecule has 3 rings (SSSR count). The molecule has 0 unspecified atom stereocenters. The van der Waals surface area contributed by atoms with Crippen LogP contribution in [0.15, 0.2) is 54.6 Å². The van der Waals surface area contributed by atoms with Crippen LogP contribution in [0.2, 0.25) is 0 Å². The van der Waals surface area contributed by atoms with Crippen LogP contribution >= 0.6 is 0 Å². The van der Waals surface area contributed by atoms with Gasteiger partial charge in [-0.15, -0.1) is 0 Å². The van der Waals surface area contributed by atoms with Crippen molar-refractivity contribution in [3.63, 3.8) is 0 Å². The zero-order valence-electron chi connectivity index (χ0n) is 14.1. The second-order valence-electron chi connectivity index (χ2n) is 6.35. The lowest BCUT2D eigenvalue weighted by Gasteiger charge is -2.20. The number of hydrogen-bond acceptors (Lipinski definition) is 2. The lowest BCUT2D eigenvalue weighted by Crippen LogP contribution is -2.24. The van der Waals surface area contributed by atoms with E-state index in [2.05, 4.69) is 16.0 Å². The van der Waals surface area contributed by atoms with Gasteiger partial charge in [-0.1, -0.05) is 43.5 Å². The maximum atomic E-state index is 12.3. The van der Waals surface area contributed by atoms with Gasteiger partial charge in [0.1, 0.15) is 0 Å². The predicted molar refractivity (Wildman–Crippen MR) is 101 cm³/mol. The van der Waals surface area contributed by atoms with E-state index in [1.807, 2.05) is 42.5 Å². The molecule has 0 saturated heterocycles. The maximum Gasteiger partial charge on any atom is 0.323 e. The van der Waals surface area contributed by atoms with Gasteiger partial charge >= 0.3 is 6.03 Å². The minimum Gasteiger partial charge on any atom is -0.326 e. The molecule has 1 saturated carbocycles. The number of carbonyl (C=O) groups is 2. The Labute approximate surface area is 147 Å². The number of hydrogen-bond donors (Lipinski definition) is 3. The number of amides is 3. The third kappa shape index (κ3) is 5.08. The summed E-state index contributed by atoms with van der Waals surface area (Å²) in [6.45, 7) is 0. The normalized spacial score (nSPS) is 14.6. The minimum absolute atomic E-state index is 0.0746. The van der Waals surface area contributed by atoms with Gasteiger partial charge in [-0.05, 0) is 43.2 Å². The van der Waals surface area contributed by atoms with Crippen LogP contribution in [0.4, 0.5) is 21.9 Å². The smallest absolute Gasteiger partial charge is 0.323 e. The Morgan fingerprint density at radius 3 is 2.04 bits per heavy atom. The topological polar surface area (TPSA) is 70.2 Å². The molecule has 0 atom stereocenters. The summed E-state index contributed by atoms with van der Waals surface area (Å²) < 4.78 is 0. The summed E-state index contributed by atoms with van der Waals surface area (Å²) in [4.78, 5) is 24.4. The predicted octanol–water partition coefficient (Wildman–Crippen LogP) is 4.85. The highest BCUT2D eigenvalue weighted by Crippen LogP contribution is 2.25. The molecule has 5 heteroatoms. The lowest BCUT2D eigenvalue weighted by atomic mass is 9.88. The van der Waals surface area contributed by atoms with Crippen LogP contribution in [-0.4, -0.2) is 11.9 Å². The maximum absolute atomic E-state index is 12.3. The van der Waals surface area contributed by atoms with Gasteiger partial charge in [0, 0.05) is 23.0 Å². The summed E-state index contributed by atoms with van der Waals surface area (Å²) in [5, 5.41) is 8.51. The van der Waals surface area contributed by atoms with Crippen molar-refractivity contribution in [3.05, 3.63) is 54.6 Å². The lowest BCUT2D eigenvalue weighted by molar-refractivity contribution is -0.120. The number of rotatable bonds is 4.